The van der Waals surface area contributed by atoms with Crippen LogP contribution >= 0.6 is 0 Å². The van der Waals surface area contributed by atoms with Crippen molar-refractivity contribution in [2.75, 3.05) is 33.4 Å². The zero-order valence-corrected chi connectivity index (χ0v) is 14.0. The number of hydrogen-bond acceptors (Lipinski definition) is 4. The van der Waals surface area contributed by atoms with E-state index in [0.717, 1.165) is 30.9 Å². The fourth-order valence-corrected chi connectivity index (χ4v) is 2.30. The lowest BCUT2D eigenvalue weighted by molar-refractivity contribution is 0.141. The van der Waals surface area contributed by atoms with Gasteiger partial charge in [-0.25, -0.2) is 0 Å². The summed E-state index contributed by atoms with van der Waals surface area (Å²) in [6.45, 7) is 4.51. The van der Waals surface area contributed by atoms with Gasteiger partial charge < -0.3 is 19.8 Å². The highest BCUT2D eigenvalue weighted by atomic mass is 16.5. The van der Waals surface area contributed by atoms with E-state index < -0.39 is 6.10 Å². The van der Waals surface area contributed by atoms with Crippen LogP contribution in [0.2, 0.25) is 0 Å². The van der Waals surface area contributed by atoms with Crippen molar-refractivity contribution in [1.82, 2.24) is 4.90 Å². The van der Waals surface area contributed by atoms with E-state index in [-0.39, 0.29) is 6.61 Å². The summed E-state index contributed by atoms with van der Waals surface area (Å²) >= 11 is 0. The first-order chi connectivity index (χ1) is 10.7. The average molecular weight is 309 g/mol. The Morgan fingerprint density at radius 2 is 1.82 bits per heavy atom. The summed E-state index contributed by atoms with van der Waals surface area (Å²) in [7, 11) is 1.94. The highest BCUT2D eigenvalue weighted by Gasteiger charge is 2.09. The molecule has 0 aliphatic heterocycles. The number of rotatable bonds is 12. The number of likely N-dealkylation sites (N-methyl/N-ethyl adjacent to an activating group) is 1. The number of aliphatic hydroxyl groups is 2. The standard InChI is InChI=1S/C18H31NO3/c1-3-4-5-6-15-22-17-9-7-16(8-10-17)18(21)11-12-19(2)13-14-20/h7-10,18,20-21H,3-6,11-15H2,1-2H3. The first kappa shape index (κ1) is 18.9. The molecular formula is C18H31NO3. The van der Waals surface area contributed by atoms with Crippen molar-refractivity contribution in [3.63, 3.8) is 0 Å². The third-order valence-corrected chi connectivity index (χ3v) is 3.80. The molecule has 0 radical (unpaired) electrons. The number of ether oxygens (including phenoxy) is 1. The fourth-order valence-electron chi connectivity index (χ4n) is 2.30. The van der Waals surface area contributed by atoms with E-state index in [1.807, 2.05) is 36.2 Å². The molecule has 1 aromatic rings. The zero-order chi connectivity index (χ0) is 16.2. The van der Waals surface area contributed by atoms with Crippen molar-refractivity contribution in [3.05, 3.63) is 29.8 Å². The van der Waals surface area contributed by atoms with Crippen LogP contribution < -0.4 is 4.74 Å². The van der Waals surface area contributed by atoms with Crippen LogP contribution in [0.1, 0.15) is 50.7 Å². The van der Waals surface area contributed by atoms with E-state index in [0.29, 0.717) is 13.0 Å². The Bertz CT molecular complexity index is 380. The van der Waals surface area contributed by atoms with Crippen LogP contribution in [0.25, 0.3) is 0 Å². The molecule has 1 rings (SSSR count). The van der Waals surface area contributed by atoms with Gasteiger partial charge in [0.25, 0.3) is 0 Å². The molecule has 1 unspecified atom stereocenters. The van der Waals surface area contributed by atoms with Gasteiger partial charge in [-0.05, 0) is 37.6 Å². The topological polar surface area (TPSA) is 52.9 Å². The molecule has 0 heterocycles. The van der Waals surface area contributed by atoms with E-state index in [9.17, 15) is 5.11 Å². The summed E-state index contributed by atoms with van der Waals surface area (Å²) in [4.78, 5) is 2.01. The average Bonchev–Trinajstić information content (AvgIpc) is 2.53. The Morgan fingerprint density at radius 3 is 2.45 bits per heavy atom. The number of nitrogens with zero attached hydrogens (tertiary/aromatic N) is 1. The molecule has 0 spiro atoms. The van der Waals surface area contributed by atoms with Gasteiger partial charge in [0.05, 0.1) is 19.3 Å². The van der Waals surface area contributed by atoms with Crippen molar-refractivity contribution < 1.29 is 14.9 Å². The smallest absolute Gasteiger partial charge is 0.119 e. The van der Waals surface area contributed by atoms with Gasteiger partial charge in [0, 0.05) is 13.1 Å². The monoisotopic (exact) mass is 309 g/mol. The summed E-state index contributed by atoms with van der Waals surface area (Å²) in [6.07, 6.45) is 5.00. The van der Waals surface area contributed by atoms with Crippen LogP contribution in [0.5, 0.6) is 5.75 Å². The quantitative estimate of drug-likeness (QED) is 0.583. The Hall–Kier alpha value is -1.10. The van der Waals surface area contributed by atoms with Crippen LogP contribution in [-0.4, -0.2) is 48.5 Å². The second-order valence-corrected chi connectivity index (χ2v) is 5.81. The van der Waals surface area contributed by atoms with Crippen molar-refractivity contribution in [2.24, 2.45) is 0 Å². The number of aliphatic hydroxyl groups excluding tert-OH is 2. The van der Waals surface area contributed by atoms with Crippen molar-refractivity contribution in [1.29, 1.82) is 0 Å². The first-order valence-corrected chi connectivity index (χ1v) is 8.37. The number of unbranched alkanes of at least 4 members (excludes halogenated alkanes) is 3. The lowest BCUT2D eigenvalue weighted by Gasteiger charge is -2.18. The van der Waals surface area contributed by atoms with Crippen molar-refractivity contribution in [3.8, 4) is 5.75 Å². The normalized spacial score (nSPS) is 12.6. The summed E-state index contributed by atoms with van der Waals surface area (Å²) in [5.41, 5.74) is 0.913. The van der Waals surface area contributed by atoms with E-state index in [1.165, 1.54) is 19.3 Å². The molecule has 0 fully saturated rings. The summed E-state index contributed by atoms with van der Waals surface area (Å²) < 4.78 is 5.70. The van der Waals surface area contributed by atoms with Crippen LogP contribution in [0.15, 0.2) is 24.3 Å². The highest BCUT2D eigenvalue weighted by molar-refractivity contribution is 5.28. The number of hydrogen-bond donors (Lipinski definition) is 2. The first-order valence-electron chi connectivity index (χ1n) is 8.37. The third kappa shape index (κ3) is 7.78. The van der Waals surface area contributed by atoms with Gasteiger partial charge in [-0.15, -0.1) is 0 Å². The molecule has 0 saturated carbocycles. The molecule has 0 amide bonds. The summed E-state index contributed by atoms with van der Waals surface area (Å²) in [5.74, 6) is 0.866. The molecule has 0 aliphatic carbocycles. The lowest BCUT2D eigenvalue weighted by atomic mass is 10.1. The van der Waals surface area contributed by atoms with Crippen LogP contribution in [0.3, 0.4) is 0 Å². The van der Waals surface area contributed by atoms with Gasteiger partial charge in [0.2, 0.25) is 0 Å². The van der Waals surface area contributed by atoms with Crippen LogP contribution in [0.4, 0.5) is 0 Å². The Balaban J connectivity index is 2.30. The molecule has 126 valence electrons. The van der Waals surface area contributed by atoms with E-state index in [4.69, 9.17) is 9.84 Å². The molecule has 1 aromatic carbocycles. The van der Waals surface area contributed by atoms with Crippen LogP contribution in [0, 0.1) is 0 Å². The maximum absolute atomic E-state index is 10.2. The largest absolute Gasteiger partial charge is 0.494 e. The molecule has 4 nitrogen and oxygen atoms in total. The minimum absolute atomic E-state index is 0.150. The van der Waals surface area contributed by atoms with E-state index in [1.54, 1.807) is 0 Å². The number of benzene rings is 1. The minimum atomic E-state index is -0.472. The van der Waals surface area contributed by atoms with Gasteiger partial charge >= 0.3 is 0 Å². The Labute approximate surface area is 134 Å². The molecule has 0 saturated heterocycles. The minimum Gasteiger partial charge on any atom is -0.494 e. The van der Waals surface area contributed by atoms with Crippen molar-refractivity contribution in [2.45, 2.75) is 45.1 Å². The zero-order valence-electron chi connectivity index (χ0n) is 14.0. The predicted octanol–water partition coefficient (Wildman–Crippen LogP) is 2.99. The van der Waals surface area contributed by atoms with Gasteiger partial charge in [0.1, 0.15) is 5.75 Å². The third-order valence-electron chi connectivity index (χ3n) is 3.80. The Kier molecular flexibility index (Phi) is 9.87. The molecular weight excluding hydrogens is 278 g/mol. The Morgan fingerprint density at radius 1 is 1.09 bits per heavy atom. The summed E-state index contributed by atoms with van der Waals surface area (Å²) in [5, 5.41) is 19.0. The highest BCUT2D eigenvalue weighted by Crippen LogP contribution is 2.20. The maximum Gasteiger partial charge on any atom is 0.119 e. The van der Waals surface area contributed by atoms with E-state index >= 15 is 0 Å². The summed E-state index contributed by atoms with van der Waals surface area (Å²) in [6, 6.07) is 7.71. The van der Waals surface area contributed by atoms with Gasteiger partial charge in [-0.2, -0.15) is 0 Å². The molecule has 0 bridgehead atoms. The van der Waals surface area contributed by atoms with Gasteiger partial charge in [0.15, 0.2) is 0 Å². The molecule has 1 atom stereocenters. The maximum atomic E-state index is 10.2. The van der Waals surface area contributed by atoms with Gasteiger partial charge in [-0.1, -0.05) is 38.3 Å². The van der Waals surface area contributed by atoms with Crippen LogP contribution in [-0.2, 0) is 0 Å². The molecule has 4 heteroatoms. The molecule has 0 aliphatic rings. The molecule has 2 N–H and O–H groups in total. The molecule has 22 heavy (non-hydrogen) atoms. The SMILES string of the molecule is CCCCCCOc1ccc(C(O)CCN(C)CCO)cc1. The second kappa shape index (κ2) is 11.5. The van der Waals surface area contributed by atoms with Crippen molar-refractivity contribution >= 4 is 0 Å². The molecule has 0 aromatic heterocycles. The predicted molar refractivity (Wildman–Crippen MR) is 90.2 cm³/mol. The fraction of sp³-hybridized carbons (Fsp3) is 0.667. The lowest BCUT2D eigenvalue weighted by Crippen LogP contribution is -2.24. The van der Waals surface area contributed by atoms with Gasteiger partial charge in [-0.3, -0.25) is 0 Å². The van der Waals surface area contributed by atoms with E-state index in [2.05, 4.69) is 6.92 Å². The second-order valence-electron chi connectivity index (χ2n) is 5.81.